The molecule has 1 atom stereocenters. The standard InChI is InChI=1S/C28H34N2O5Si/c1-8-17-18-12-16(35-36(6,7)27(3,4)5)10-11-22(18)29-24-19(17)14-30-23(24)13-21-20(25(30)31)15-34-26(32)28(21,33)9-2/h10-13,33H,8-9,14-15H2,1-7H3. The smallest absolute Gasteiger partial charge is 0.343 e. The molecule has 0 spiro atoms. The maximum absolute atomic E-state index is 13.5. The molecule has 0 bridgehead atoms. The van der Waals surface area contributed by atoms with E-state index in [1.165, 1.54) is 0 Å². The van der Waals surface area contributed by atoms with Crippen molar-refractivity contribution in [3.05, 3.63) is 56.9 Å². The Hall–Kier alpha value is -2.97. The topological polar surface area (TPSA) is 90.6 Å². The van der Waals surface area contributed by atoms with E-state index in [1.54, 1.807) is 17.6 Å². The van der Waals surface area contributed by atoms with Crippen molar-refractivity contribution in [2.24, 2.45) is 0 Å². The van der Waals surface area contributed by atoms with Gasteiger partial charge < -0.3 is 18.8 Å². The highest BCUT2D eigenvalue weighted by molar-refractivity contribution is 6.74. The first kappa shape index (κ1) is 24.7. The fourth-order valence-electron chi connectivity index (χ4n) is 5.06. The summed E-state index contributed by atoms with van der Waals surface area (Å²) in [5, 5.41) is 12.2. The lowest BCUT2D eigenvalue weighted by Crippen LogP contribution is -2.44. The minimum atomic E-state index is -2.01. The average Bonchev–Trinajstić information content (AvgIpc) is 3.18. The van der Waals surface area contributed by atoms with Gasteiger partial charge in [0.1, 0.15) is 12.4 Å². The van der Waals surface area contributed by atoms with E-state index in [4.69, 9.17) is 14.1 Å². The monoisotopic (exact) mass is 506 g/mol. The summed E-state index contributed by atoms with van der Waals surface area (Å²) < 4.78 is 13.4. The Bertz CT molecular complexity index is 1480. The lowest BCUT2D eigenvalue weighted by atomic mass is 9.86. The van der Waals surface area contributed by atoms with E-state index in [0.29, 0.717) is 23.4 Å². The minimum absolute atomic E-state index is 0.0825. The summed E-state index contributed by atoms with van der Waals surface area (Å²) in [6, 6.07) is 7.80. The van der Waals surface area contributed by atoms with E-state index in [2.05, 4.69) is 46.9 Å². The summed E-state index contributed by atoms with van der Waals surface area (Å²) in [5.74, 6) is 0.132. The molecule has 0 radical (unpaired) electrons. The molecule has 1 unspecified atom stereocenters. The molecule has 8 heteroatoms. The summed E-state index contributed by atoms with van der Waals surface area (Å²) >= 11 is 0. The van der Waals surface area contributed by atoms with E-state index in [-0.39, 0.29) is 23.6 Å². The zero-order valence-electron chi connectivity index (χ0n) is 22.1. The first-order valence-electron chi connectivity index (χ1n) is 12.6. The van der Waals surface area contributed by atoms with Crippen LogP contribution in [-0.2, 0) is 34.7 Å². The van der Waals surface area contributed by atoms with E-state index < -0.39 is 19.9 Å². The molecule has 0 aliphatic carbocycles. The molecule has 4 heterocycles. The van der Waals surface area contributed by atoms with Crippen LogP contribution in [0.25, 0.3) is 22.3 Å². The highest BCUT2D eigenvalue weighted by Gasteiger charge is 2.45. The Morgan fingerprint density at radius 3 is 2.53 bits per heavy atom. The molecule has 0 fully saturated rings. The second-order valence-electron chi connectivity index (χ2n) is 11.4. The maximum Gasteiger partial charge on any atom is 0.343 e. The SMILES string of the molecule is CCc1c2c(nc3ccc(O[Si](C)(C)C(C)(C)C)cc13)-c1cc3c(c(=O)n1C2)COC(=O)C3(O)CC. The van der Waals surface area contributed by atoms with Crippen molar-refractivity contribution in [1.82, 2.24) is 9.55 Å². The molecule has 0 saturated carbocycles. The molecular weight excluding hydrogens is 472 g/mol. The Morgan fingerprint density at radius 2 is 1.89 bits per heavy atom. The molecule has 1 aromatic carbocycles. The van der Waals surface area contributed by atoms with E-state index >= 15 is 0 Å². The van der Waals surface area contributed by atoms with Crippen LogP contribution in [0.2, 0.25) is 18.1 Å². The summed E-state index contributed by atoms with van der Waals surface area (Å²) in [6.07, 6.45) is 0.894. The molecule has 0 saturated heterocycles. The highest BCUT2D eigenvalue weighted by Crippen LogP contribution is 2.42. The second-order valence-corrected chi connectivity index (χ2v) is 16.1. The molecule has 0 amide bonds. The van der Waals surface area contributed by atoms with Gasteiger partial charge >= 0.3 is 5.97 Å². The number of hydrogen-bond donors (Lipinski definition) is 1. The van der Waals surface area contributed by atoms with Crippen LogP contribution in [0, 0.1) is 0 Å². The van der Waals surface area contributed by atoms with Crippen LogP contribution in [0.1, 0.15) is 63.3 Å². The van der Waals surface area contributed by atoms with Crippen molar-refractivity contribution >= 4 is 25.2 Å². The zero-order valence-corrected chi connectivity index (χ0v) is 23.1. The predicted octanol–water partition coefficient (Wildman–Crippen LogP) is 5.03. The Labute approximate surface area is 212 Å². The largest absolute Gasteiger partial charge is 0.543 e. The van der Waals surface area contributed by atoms with Crippen molar-refractivity contribution in [1.29, 1.82) is 0 Å². The molecule has 36 heavy (non-hydrogen) atoms. The molecule has 5 rings (SSSR count). The number of cyclic esters (lactones) is 1. The molecule has 7 nitrogen and oxygen atoms in total. The average molecular weight is 507 g/mol. The third-order valence-electron chi connectivity index (χ3n) is 8.31. The summed E-state index contributed by atoms with van der Waals surface area (Å²) in [4.78, 5) is 30.9. The van der Waals surface area contributed by atoms with Crippen molar-refractivity contribution in [3.8, 4) is 17.1 Å². The number of ether oxygens (including phenoxy) is 1. The predicted molar refractivity (Wildman–Crippen MR) is 142 cm³/mol. The second kappa shape index (κ2) is 8.01. The molecule has 2 aromatic heterocycles. The van der Waals surface area contributed by atoms with Gasteiger partial charge in [0.05, 0.1) is 29.0 Å². The number of rotatable bonds is 4. The van der Waals surface area contributed by atoms with Crippen LogP contribution >= 0.6 is 0 Å². The molecule has 2 aliphatic rings. The van der Waals surface area contributed by atoms with Gasteiger partial charge in [-0.05, 0) is 60.8 Å². The van der Waals surface area contributed by atoms with Gasteiger partial charge in [0.2, 0.25) is 8.32 Å². The van der Waals surface area contributed by atoms with Crippen molar-refractivity contribution in [2.75, 3.05) is 0 Å². The number of carbonyl (C=O) groups excluding carboxylic acids is 1. The van der Waals surface area contributed by atoms with Gasteiger partial charge in [-0.3, -0.25) is 4.79 Å². The number of nitrogens with zero attached hydrogens (tertiary/aromatic N) is 2. The van der Waals surface area contributed by atoms with Crippen LogP contribution in [0.3, 0.4) is 0 Å². The van der Waals surface area contributed by atoms with Gasteiger partial charge in [0.15, 0.2) is 5.60 Å². The highest BCUT2D eigenvalue weighted by atomic mass is 28.4. The number of hydrogen-bond acceptors (Lipinski definition) is 6. The number of benzene rings is 1. The number of carbonyl (C=O) groups is 1. The third kappa shape index (κ3) is 3.45. The molecule has 2 aliphatic heterocycles. The van der Waals surface area contributed by atoms with E-state index in [0.717, 1.165) is 39.9 Å². The number of esters is 1. The van der Waals surface area contributed by atoms with Gasteiger partial charge in [0.25, 0.3) is 5.56 Å². The summed E-state index contributed by atoms with van der Waals surface area (Å²) in [6.45, 7) is 15.2. The Balaban J connectivity index is 1.69. The van der Waals surface area contributed by atoms with Gasteiger partial charge in [0, 0.05) is 16.5 Å². The summed E-state index contributed by atoms with van der Waals surface area (Å²) in [5.41, 5.74) is 2.93. The zero-order chi connectivity index (χ0) is 26.2. The lowest BCUT2D eigenvalue weighted by molar-refractivity contribution is -0.172. The third-order valence-corrected chi connectivity index (χ3v) is 12.7. The number of pyridine rings is 2. The Kier molecular flexibility index (Phi) is 5.50. The number of aliphatic hydroxyl groups is 1. The lowest BCUT2D eigenvalue weighted by Gasteiger charge is -2.36. The van der Waals surface area contributed by atoms with Crippen molar-refractivity contribution in [2.45, 2.75) is 84.3 Å². The molecule has 190 valence electrons. The first-order chi connectivity index (χ1) is 16.8. The van der Waals surface area contributed by atoms with Crippen molar-refractivity contribution < 1.29 is 19.1 Å². The van der Waals surface area contributed by atoms with Gasteiger partial charge in [-0.1, -0.05) is 34.6 Å². The minimum Gasteiger partial charge on any atom is -0.543 e. The Morgan fingerprint density at radius 1 is 1.17 bits per heavy atom. The van der Waals surface area contributed by atoms with Crippen LogP contribution in [0.5, 0.6) is 5.75 Å². The van der Waals surface area contributed by atoms with Crippen molar-refractivity contribution in [3.63, 3.8) is 0 Å². The normalized spacial score (nSPS) is 19.1. The fourth-order valence-corrected chi connectivity index (χ4v) is 6.08. The van der Waals surface area contributed by atoms with Gasteiger partial charge in [-0.15, -0.1) is 0 Å². The molecular formula is C28H34N2O5Si. The maximum atomic E-state index is 13.5. The van der Waals surface area contributed by atoms with Crippen LogP contribution in [0.4, 0.5) is 0 Å². The van der Waals surface area contributed by atoms with Crippen LogP contribution in [0.15, 0.2) is 29.1 Å². The number of aromatic nitrogens is 2. The fraction of sp³-hybridized carbons (Fsp3) is 0.464. The van der Waals surface area contributed by atoms with E-state index in [9.17, 15) is 14.7 Å². The van der Waals surface area contributed by atoms with Crippen LogP contribution < -0.4 is 9.99 Å². The first-order valence-corrected chi connectivity index (χ1v) is 15.5. The molecule has 3 aromatic rings. The molecule has 1 N–H and O–H groups in total. The summed E-state index contributed by atoms with van der Waals surface area (Å²) in [7, 11) is -2.01. The quantitative estimate of drug-likeness (QED) is 0.309. The van der Waals surface area contributed by atoms with Gasteiger partial charge in [-0.2, -0.15) is 0 Å². The number of aryl methyl sites for hydroxylation is 1. The van der Waals surface area contributed by atoms with Crippen LogP contribution in [-0.4, -0.2) is 28.9 Å². The van der Waals surface area contributed by atoms with E-state index in [1.807, 2.05) is 12.1 Å². The number of fused-ring (bicyclic) bond motifs is 5. The van der Waals surface area contributed by atoms with Gasteiger partial charge in [-0.25, -0.2) is 9.78 Å².